The van der Waals surface area contributed by atoms with Gasteiger partial charge in [0, 0.05) is 22.3 Å². The van der Waals surface area contributed by atoms with E-state index in [2.05, 4.69) is 223 Å². The van der Waals surface area contributed by atoms with Gasteiger partial charge in [-0.2, -0.15) is 0 Å². The molecule has 0 N–H and O–H groups in total. The predicted octanol–water partition coefficient (Wildman–Crippen LogP) is 15.9. The van der Waals surface area contributed by atoms with Gasteiger partial charge in [-0.1, -0.05) is 194 Å². The van der Waals surface area contributed by atoms with Crippen LogP contribution >= 0.6 is 0 Å². The summed E-state index contributed by atoms with van der Waals surface area (Å²) in [5.74, 6) is 2.30. The number of benzene rings is 9. The summed E-state index contributed by atoms with van der Waals surface area (Å²) >= 11 is 0. The molecule has 0 heterocycles. The summed E-state index contributed by atoms with van der Waals surface area (Å²) in [6.07, 6.45) is 5.47. The Morgan fingerprint density at radius 1 is 0.426 bits per heavy atom. The number of anilines is 3. The zero-order valence-electron chi connectivity index (χ0n) is 34.3. The number of rotatable bonds is 8. The summed E-state index contributed by atoms with van der Waals surface area (Å²) in [4.78, 5) is 2.60. The molecule has 9 aromatic rings. The molecular formula is C60H47N. The summed E-state index contributed by atoms with van der Waals surface area (Å²) in [5.41, 5.74) is 17.3. The molecule has 0 saturated heterocycles. The fourth-order valence-electron chi connectivity index (χ4n) is 11.8. The lowest BCUT2D eigenvalue weighted by Crippen LogP contribution is -2.28. The minimum absolute atomic E-state index is 0.519. The fourth-order valence-corrected chi connectivity index (χ4v) is 11.8. The molecule has 2 fully saturated rings. The van der Waals surface area contributed by atoms with Crippen molar-refractivity contribution in [2.45, 2.75) is 37.0 Å². The van der Waals surface area contributed by atoms with E-state index in [0.717, 1.165) is 17.5 Å². The Morgan fingerprint density at radius 3 is 1.70 bits per heavy atom. The molecule has 12 rings (SSSR count). The smallest absolute Gasteiger partial charge is 0.0714 e. The molecule has 3 unspecified atom stereocenters. The van der Waals surface area contributed by atoms with Crippen molar-refractivity contribution in [3.63, 3.8) is 0 Å². The molecule has 2 saturated carbocycles. The molecule has 292 valence electrons. The van der Waals surface area contributed by atoms with Crippen molar-refractivity contribution in [1.29, 1.82) is 0 Å². The fraction of sp³-hybridized carbons (Fsp3) is 0.133. The van der Waals surface area contributed by atoms with Gasteiger partial charge in [0.1, 0.15) is 0 Å². The highest BCUT2D eigenvalue weighted by molar-refractivity contribution is 6.10. The Hall–Kier alpha value is -6.96. The van der Waals surface area contributed by atoms with Crippen LogP contribution in [0, 0.1) is 11.8 Å². The van der Waals surface area contributed by atoms with Crippen LogP contribution in [-0.4, -0.2) is 0 Å². The second kappa shape index (κ2) is 14.6. The van der Waals surface area contributed by atoms with E-state index in [0.29, 0.717) is 5.92 Å². The van der Waals surface area contributed by atoms with E-state index in [1.54, 1.807) is 0 Å². The zero-order chi connectivity index (χ0) is 40.3. The van der Waals surface area contributed by atoms with Gasteiger partial charge < -0.3 is 4.90 Å². The van der Waals surface area contributed by atoms with Crippen molar-refractivity contribution in [2.24, 2.45) is 11.8 Å². The monoisotopic (exact) mass is 781 g/mol. The third-order valence-corrected chi connectivity index (χ3v) is 14.4. The van der Waals surface area contributed by atoms with Gasteiger partial charge in [0.15, 0.2) is 0 Å². The Balaban J connectivity index is 1.14. The zero-order valence-corrected chi connectivity index (χ0v) is 34.3. The van der Waals surface area contributed by atoms with Crippen LogP contribution in [0.1, 0.15) is 59.4 Å². The molecule has 9 aromatic carbocycles. The first kappa shape index (κ1) is 35.9. The quantitative estimate of drug-likeness (QED) is 0.148. The van der Waals surface area contributed by atoms with Gasteiger partial charge in [0.05, 0.1) is 11.1 Å². The van der Waals surface area contributed by atoms with Crippen molar-refractivity contribution in [3.8, 4) is 33.4 Å². The largest absolute Gasteiger partial charge is 0.309 e. The molecule has 61 heavy (non-hydrogen) atoms. The summed E-state index contributed by atoms with van der Waals surface area (Å²) in [7, 11) is 0. The van der Waals surface area contributed by atoms with Gasteiger partial charge >= 0.3 is 0 Å². The molecule has 1 nitrogen and oxygen atoms in total. The highest BCUT2D eigenvalue weighted by atomic mass is 15.1. The lowest BCUT2D eigenvalue weighted by Gasteiger charge is -2.35. The van der Waals surface area contributed by atoms with Crippen LogP contribution in [0.3, 0.4) is 0 Å². The van der Waals surface area contributed by atoms with E-state index in [1.165, 1.54) is 109 Å². The molecular weight excluding hydrogens is 735 g/mol. The Kier molecular flexibility index (Phi) is 8.63. The van der Waals surface area contributed by atoms with E-state index >= 15 is 0 Å². The van der Waals surface area contributed by atoms with Crippen molar-refractivity contribution in [3.05, 3.63) is 246 Å². The van der Waals surface area contributed by atoms with E-state index in [-0.39, 0.29) is 0 Å². The first-order valence-corrected chi connectivity index (χ1v) is 22.2. The molecule has 0 aromatic heterocycles. The third-order valence-electron chi connectivity index (χ3n) is 14.4. The van der Waals surface area contributed by atoms with Crippen molar-refractivity contribution < 1.29 is 0 Å². The van der Waals surface area contributed by atoms with Crippen molar-refractivity contribution in [1.82, 2.24) is 0 Å². The summed E-state index contributed by atoms with van der Waals surface area (Å²) in [6.45, 7) is 0. The first-order valence-electron chi connectivity index (χ1n) is 22.2. The maximum Gasteiger partial charge on any atom is 0.0714 e. The van der Waals surface area contributed by atoms with Gasteiger partial charge in [0.25, 0.3) is 0 Å². The molecule has 0 aliphatic heterocycles. The normalized spacial score (nSPS) is 18.2. The highest BCUT2D eigenvalue weighted by Crippen LogP contribution is 2.61. The topological polar surface area (TPSA) is 3.24 Å². The molecule has 1 heteroatoms. The van der Waals surface area contributed by atoms with E-state index in [9.17, 15) is 0 Å². The maximum atomic E-state index is 2.60. The number of fused-ring (bicyclic) bond motifs is 6. The lowest BCUT2D eigenvalue weighted by atomic mass is 9.67. The van der Waals surface area contributed by atoms with Gasteiger partial charge in [-0.3, -0.25) is 0 Å². The summed E-state index contributed by atoms with van der Waals surface area (Å²) in [5, 5.41) is 2.49. The number of nitrogens with zero attached hydrogens (tertiary/aromatic N) is 1. The standard InChI is InChI=1S/C60H47N/c1-4-17-42(18-5-1)51-26-12-13-27-52(51)43-33-35-49(36-34-43)61(50-25-16-20-44(39-50)55-38-41-31-32-46(55)37-41)59-53-28-11-10-19-45(53)40-57-58(59)54-29-14-15-30-56(54)60(57,47-21-6-2-7-22-47)48-23-8-3-9-24-48/h1-30,33-36,39-41,46,55H,31-32,37-38H2. The molecule has 3 aliphatic rings. The van der Waals surface area contributed by atoms with Crippen molar-refractivity contribution >= 4 is 27.8 Å². The van der Waals surface area contributed by atoms with Crippen LogP contribution in [0.15, 0.2) is 218 Å². The van der Waals surface area contributed by atoms with Crippen LogP contribution in [0.5, 0.6) is 0 Å². The molecule has 0 radical (unpaired) electrons. The molecule has 3 aliphatic carbocycles. The third kappa shape index (κ3) is 5.75. The van der Waals surface area contributed by atoms with Crippen LogP contribution in [0.2, 0.25) is 0 Å². The van der Waals surface area contributed by atoms with Crippen molar-refractivity contribution in [2.75, 3.05) is 4.90 Å². The minimum Gasteiger partial charge on any atom is -0.309 e. The second-order valence-corrected chi connectivity index (χ2v) is 17.6. The molecule has 2 bridgehead atoms. The highest BCUT2D eigenvalue weighted by Gasteiger charge is 2.48. The van der Waals surface area contributed by atoms with Gasteiger partial charge in [-0.15, -0.1) is 0 Å². The Morgan fingerprint density at radius 2 is 1.03 bits per heavy atom. The second-order valence-electron chi connectivity index (χ2n) is 17.6. The maximum absolute atomic E-state index is 2.60. The van der Waals surface area contributed by atoms with Crippen LogP contribution in [-0.2, 0) is 5.41 Å². The van der Waals surface area contributed by atoms with Gasteiger partial charge in [-0.05, 0) is 128 Å². The van der Waals surface area contributed by atoms with E-state index in [1.807, 2.05) is 0 Å². The number of hydrogen-bond acceptors (Lipinski definition) is 1. The van der Waals surface area contributed by atoms with Crippen LogP contribution in [0.25, 0.3) is 44.2 Å². The molecule has 3 atom stereocenters. The van der Waals surface area contributed by atoms with E-state index in [4.69, 9.17) is 0 Å². The van der Waals surface area contributed by atoms with E-state index < -0.39 is 5.41 Å². The lowest BCUT2D eigenvalue weighted by molar-refractivity contribution is 0.420. The predicted molar refractivity (Wildman–Crippen MR) is 255 cm³/mol. The number of hydrogen-bond donors (Lipinski definition) is 0. The first-order chi connectivity index (χ1) is 30.3. The van der Waals surface area contributed by atoms with Gasteiger partial charge in [-0.25, -0.2) is 0 Å². The van der Waals surface area contributed by atoms with Crippen LogP contribution < -0.4 is 4.90 Å². The SMILES string of the molecule is c1ccc(-c2ccccc2-c2ccc(N(c3cccc(C4CC5CCC4C5)c3)c3c4c(cc5ccccc35)C(c3ccccc3)(c3ccccc3)c3ccccc3-4)cc2)cc1. The Labute approximate surface area is 359 Å². The molecule has 0 amide bonds. The average molecular weight is 782 g/mol. The minimum atomic E-state index is -0.519. The average Bonchev–Trinajstić information content (AvgIpc) is 4.06. The molecule has 0 spiro atoms. The van der Waals surface area contributed by atoms with Gasteiger partial charge in [0.2, 0.25) is 0 Å². The Bertz CT molecular complexity index is 3000. The van der Waals surface area contributed by atoms with Crippen LogP contribution in [0.4, 0.5) is 17.1 Å². The summed E-state index contributed by atoms with van der Waals surface area (Å²) in [6, 6.07) is 81.8. The summed E-state index contributed by atoms with van der Waals surface area (Å²) < 4.78 is 0.